The summed E-state index contributed by atoms with van der Waals surface area (Å²) in [4.78, 5) is 0. The van der Waals surface area contributed by atoms with Crippen LogP contribution in [0.2, 0.25) is 0 Å². The predicted molar refractivity (Wildman–Crippen MR) is 30.1 cm³/mol. The average Bonchev–Trinajstić information content (AvgIpc) is 1.82. The third-order valence-electron chi connectivity index (χ3n) is 1.00. The van der Waals surface area contributed by atoms with Crippen LogP contribution in [0, 0.1) is 6.92 Å². The first-order chi connectivity index (χ1) is 4.18. The van der Waals surface area contributed by atoms with Crippen molar-refractivity contribution in [2.24, 2.45) is 0 Å². The Bertz CT molecular complexity index is 63.3. The highest BCUT2D eigenvalue weighted by atomic mass is 19.3. The predicted octanol–water partition coefficient (Wildman–Crippen LogP) is 2.59. The molecule has 0 amide bonds. The minimum absolute atomic E-state index is 0.0683. The quantitative estimate of drug-likeness (QED) is 0.561. The first kappa shape index (κ1) is 8.79. The maximum absolute atomic E-state index is 11.9. The van der Waals surface area contributed by atoms with E-state index < -0.39 is 12.6 Å². The minimum atomic E-state index is -2.82. The molecule has 0 heterocycles. The number of hydrogen-bond donors (Lipinski definition) is 0. The third-order valence-corrected chi connectivity index (χ3v) is 1.00. The summed E-state index contributed by atoms with van der Waals surface area (Å²) in [7, 11) is 0. The second kappa shape index (κ2) is 4.65. The van der Waals surface area contributed by atoms with E-state index in [1.54, 1.807) is 0 Å². The van der Waals surface area contributed by atoms with E-state index in [2.05, 4.69) is 6.92 Å². The van der Waals surface area contributed by atoms with E-state index in [0.29, 0.717) is 12.8 Å². The molecule has 9 heavy (non-hydrogen) atoms. The Morgan fingerprint density at radius 2 is 1.78 bits per heavy atom. The van der Waals surface area contributed by atoms with Gasteiger partial charge in [0.1, 0.15) is 0 Å². The lowest BCUT2D eigenvalue weighted by molar-refractivity contribution is 0.0445. The van der Waals surface area contributed by atoms with E-state index in [1.807, 2.05) is 0 Å². The van der Waals surface area contributed by atoms with Gasteiger partial charge in [-0.25, -0.2) is 13.2 Å². The normalized spacial score (nSPS) is 14.3. The summed E-state index contributed by atoms with van der Waals surface area (Å²) in [6, 6.07) is 0. The van der Waals surface area contributed by atoms with E-state index in [0.717, 1.165) is 0 Å². The topological polar surface area (TPSA) is 0 Å². The van der Waals surface area contributed by atoms with Gasteiger partial charge in [0.05, 0.1) is 0 Å². The molecule has 0 nitrogen and oxygen atoms in total. The van der Waals surface area contributed by atoms with Gasteiger partial charge in [0, 0.05) is 0 Å². The van der Waals surface area contributed by atoms with Crippen LogP contribution in [-0.4, -0.2) is 12.6 Å². The Labute approximate surface area is 53.1 Å². The molecule has 0 aromatic carbocycles. The molecule has 0 aliphatic heterocycles. The average molecular weight is 139 g/mol. The number of alkyl halides is 3. The minimum Gasteiger partial charge on any atom is -0.241 e. The lowest BCUT2D eigenvalue weighted by Gasteiger charge is -2.03. The summed E-state index contributed by atoms with van der Waals surface area (Å²) < 4.78 is 34.6. The van der Waals surface area contributed by atoms with Crippen molar-refractivity contribution in [2.75, 3.05) is 0 Å². The molecule has 0 aliphatic rings. The van der Waals surface area contributed by atoms with Gasteiger partial charge in [-0.1, -0.05) is 19.8 Å². The largest absolute Gasteiger partial charge is 0.269 e. The number of halogens is 3. The van der Waals surface area contributed by atoms with Crippen LogP contribution >= 0.6 is 0 Å². The van der Waals surface area contributed by atoms with Crippen LogP contribution in [0.5, 0.6) is 0 Å². The van der Waals surface area contributed by atoms with Crippen LogP contribution in [0.3, 0.4) is 0 Å². The van der Waals surface area contributed by atoms with Crippen molar-refractivity contribution in [1.82, 2.24) is 0 Å². The molecule has 55 valence electrons. The van der Waals surface area contributed by atoms with Crippen molar-refractivity contribution < 1.29 is 13.2 Å². The highest BCUT2D eigenvalue weighted by Crippen LogP contribution is 2.12. The molecule has 0 saturated heterocycles. The van der Waals surface area contributed by atoms with Crippen molar-refractivity contribution in [2.45, 2.75) is 31.9 Å². The number of hydrogen-bond acceptors (Lipinski definition) is 0. The van der Waals surface area contributed by atoms with E-state index in [4.69, 9.17) is 0 Å². The van der Waals surface area contributed by atoms with Crippen molar-refractivity contribution in [3.63, 3.8) is 0 Å². The Hall–Kier alpha value is -0.210. The Balaban J connectivity index is 3.16. The van der Waals surface area contributed by atoms with Crippen molar-refractivity contribution in [3.05, 3.63) is 6.92 Å². The van der Waals surface area contributed by atoms with E-state index >= 15 is 0 Å². The second-order valence-corrected chi connectivity index (χ2v) is 1.85. The van der Waals surface area contributed by atoms with Crippen molar-refractivity contribution >= 4 is 0 Å². The zero-order chi connectivity index (χ0) is 7.28. The molecule has 3 heteroatoms. The molecule has 0 aliphatic carbocycles. The zero-order valence-corrected chi connectivity index (χ0v) is 5.12. The first-order valence-electron chi connectivity index (χ1n) is 2.90. The summed E-state index contributed by atoms with van der Waals surface area (Å²) in [5.41, 5.74) is 0. The van der Waals surface area contributed by atoms with Gasteiger partial charge in [-0.15, -0.1) is 0 Å². The highest BCUT2D eigenvalue weighted by molar-refractivity contribution is 4.58. The van der Waals surface area contributed by atoms with Gasteiger partial charge >= 0.3 is 0 Å². The molecule has 0 N–H and O–H groups in total. The summed E-state index contributed by atoms with van der Waals surface area (Å²) in [6.45, 7) is 3.41. The molecule has 0 fully saturated rings. The molecule has 0 bridgehead atoms. The van der Waals surface area contributed by atoms with Crippen LogP contribution in [-0.2, 0) is 0 Å². The van der Waals surface area contributed by atoms with Crippen LogP contribution in [0.4, 0.5) is 13.2 Å². The lowest BCUT2D eigenvalue weighted by atomic mass is 10.2. The van der Waals surface area contributed by atoms with Crippen LogP contribution < -0.4 is 0 Å². The van der Waals surface area contributed by atoms with Gasteiger partial charge < -0.3 is 0 Å². The summed E-state index contributed by atoms with van der Waals surface area (Å²) >= 11 is 0. The van der Waals surface area contributed by atoms with Gasteiger partial charge in [-0.3, -0.25) is 0 Å². The smallest absolute Gasteiger partial charge is 0.241 e. The fourth-order valence-electron chi connectivity index (χ4n) is 0.465. The molecule has 0 saturated carbocycles. The molecule has 0 aromatic heterocycles. The summed E-state index contributed by atoms with van der Waals surface area (Å²) in [6.07, 6.45) is -3.89. The highest BCUT2D eigenvalue weighted by Gasteiger charge is 2.17. The van der Waals surface area contributed by atoms with Gasteiger partial charge in [0.25, 0.3) is 6.43 Å². The van der Waals surface area contributed by atoms with Gasteiger partial charge in [0.2, 0.25) is 0 Å². The summed E-state index contributed by atoms with van der Waals surface area (Å²) in [5, 5.41) is 0. The lowest BCUT2D eigenvalue weighted by Crippen LogP contribution is -2.10. The fourth-order valence-corrected chi connectivity index (χ4v) is 0.465. The van der Waals surface area contributed by atoms with Gasteiger partial charge in [0.15, 0.2) is 6.17 Å². The van der Waals surface area contributed by atoms with Crippen LogP contribution in [0.1, 0.15) is 19.3 Å². The third kappa shape index (κ3) is 4.30. The maximum Gasteiger partial charge on any atom is 0.269 e. The molecule has 0 spiro atoms. The van der Waals surface area contributed by atoms with Crippen molar-refractivity contribution in [3.8, 4) is 0 Å². The monoisotopic (exact) mass is 139 g/mol. The molecule has 1 atom stereocenters. The Kier molecular flexibility index (Phi) is 4.54. The Morgan fingerprint density at radius 3 is 2.11 bits per heavy atom. The molecule has 0 unspecified atom stereocenters. The first-order valence-corrected chi connectivity index (χ1v) is 2.90. The van der Waals surface area contributed by atoms with E-state index in [1.165, 1.54) is 0 Å². The van der Waals surface area contributed by atoms with Crippen LogP contribution in [0.15, 0.2) is 0 Å². The second-order valence-electron chi connectivity index (χ2n) is 1.85. The summed E-state index contributed by atoms with van der Waals surface area (Å²) in [5.74, 6) is 0. The molecule has 1 radical (unpaired) electrons. The standard InChI is InChI=1S/C6H10F3/c1-2-3-4-5(7)6(8)9/h5-6H,1-4H2/t5-/m0/s1. The Morgan fingerprint density at radius 1 is 1.22 bits per heavy atom. The molecule has 0 aromatic rings. The number of unbranched alkanes of at least 4 members (excludes halogenated alkanes) is 1. The van der Waals surface area contributed by atoms with Gasteiger partial charge in [-0.05, 0) is 6.42 Å². The maximum atomic E-state index is 11.9. The van der Waals surface area contributed by atoms with Crippen molar-refractivity contribution in [1.29, 1.82) is 0 Å². The number of rotatable bonds is 4. The van der Waals surface area contributed by atoms with E-state index in [9.17, 15) is 13.2 Å². The van der Waals surface area contributed by atoms with E-state index in [-0.39, 0.29) is 6.42 Å². The molecular weight excluding hydrogens is 129 g/mol. The zero-order valence-electron chi connectivity index (χ0n) is 5.12. The molecular formula is C6H10F3. The fraction of sp³-hybridized carbons (Fsp3) is 0.833. The van der Waals surface area contributed by atoms with Crippen LogP contribution in [0.25, 0.3) is 0 Å². The molecule has 0 rings (SSSR count). The van der Waals surface area contributed by atoms with Gasteiger partial charge in [-0.2, -0.15) is 0 Å². The SMILES string of the molecule is [CH2]CCC[C@H](F)C(F)F.